The van der Waals surface area contributed by atoms with Crippen molar-refractivity contribution in [2.45, 2.75) is 33.3 Å². The number of pyridine rings is 1. The number of ether oxygens (including phenoxy) is 1. The summed E-state index contributed by atoms with van der Waals surface area (Å²) in [5, 5.41) is 3.85. The molecule has 0 aliphatic heterocycles. The number of hydrogen-bond donors (Lipinski definition) is 0. The molecule has 19 heavy (non-hydrogen) atoms. The van der Waals surface area contributed by atoms with Crippen molar-refractivity contribution in [2.24, 2.45) is 0 Å². The first-order valence-corrected chi connectivity index (χ1v) is 6.19. The third-order valence-electron chi connectivity index (χ3n) is 2.91. The van der Waals surface area contributed by atoms with E-state index in [0.717, 1.165) is 5.56 Å². The average molecular weight is 260 g/mol. The summed E-state index contributed by atoms with van der Waals surface area (Å²) in [6.07, 6.45) is 3.62. The molecule has 2 aromatic heterocycles. The summed E-state index contributed by atoms with van der Waals surface area (Å²) in [7, 11) is 0. The highest BCUT2D eigenvalue weighted by molar-refractivity contribution is 5.91. The fraction of sp³-hybridized carbons (Fsp3) is 0.357. The Morgan fingerprint density at radius 2 is 2.32 bits per heavy atom. The lowest BCUT2D eigenvalue weighted by atomic mass is 10.1. The van der Waals surface area contributed by atoms with Crippen molar-refractivity contribution in [3.63, 3.8) is 0 Å². The van der Waals surface area contributed by atoms with E-state index in [-0.39, 0.29) is 6.10 Å². The van der Waals surface area contributed by atoms with Gasteiger partial charge >= 0.3 is 5.97 Å². The van der Waals surface area contributed by atoms with E-state index in [2.05, 4.69) is 10.1 Å². The second kappa shape index (κ2) is 5.65. The topological polar surface area (TPSA) is 65.2 Å². The van der Waals surface area contributed by atoms with Gasteiger partial charge in [0.05, 0.1) is 5.69 Å². The molecule has 2 rings (SSSR count). The largest absolute Gasteiger partial charge is 0.454 e. The van der Waals surface area contributed by atoms with Crippen molar-refractivity contribution in [2.75, 3.05) is 0 Å². The first-order valence-electron chi connectivity index (χ1n) is 6.19. The molecule has 5 heteroatoms. The third kappa shape index (κ3) is 2.81. The van der Waals surface area contributed by atoms with E-state index >= 15 is 0 Å². The zero-order chi connectivity index (χ0) is 13.8. The average Bonchev–Trinajstić information content (AvgIpc) is 2.80. The zero-order valence-electron chi connectivity index (χ0n) is 11.2. The zero-order valence-corrected chi connectivity index (χ0v) is 11.2. The summed E-state index contributed by atoms with van der Waals surface area (Å²) in [6.45, 7) is 5.43. The quantitative estimate of drug-likeness (QED) is 0.791. The van der Waals surface area contributed by atoms with Gasteiger partial charge in [0.1, 0.15) is 17.4 Å². The van der Waals surface area contributed by atoms with E-state index in [1.54, 1.807) is 19.3 Å². The molecular formula is C14H16N2O3. The molecule has 0 aromatic carbocycles. The molecule has 0 radical (unpaired) electrons. The smallest absolute Gasteiger partial charge is 0.344 e. The van der Waals surface area contributed by atoms with Gasteiger partial charge in [0, 0.05) is 18.0 Å². The molecule has 0 unspecified atom stereocenters. The molecule has 100 valence electrons. The fourth-order valence-electron chi connectivity index (χ4n) is 1.82. The van der Waals surface area contributed by atoms with Crippen LogP contribution in [0, 0.1) is 6.92 Å². The van der Waals surface area contributed by atoms with Gasteiger partial charge in [-0.05, 0) is 26.3 Å². The van der Waals surface area contributed by atoms with Crippen LogP contribution in [0.25, 0.3) is 0 Å². The predicted octanol–water partition coefficient (Wildman–Crippen LogP) is 2.86. The van der Waals surface area contributed by atoms with Crippen LogP contribution in [0.2, 0.25) is 0 Å². The minimum absolute atomic E-state index is 0.361. The van der Waals surface area contributed by atoms with Crippen molar-refractivity contribution >= 4 is 5.97 Å². The molecule has 1 atom stereocenters. The molecule has 0 spiro atoms. The summed E-state index contributed by atoms with van der Waals surface area (Å²) >= 11 is 0. The van der Waals surface area contributed by atoms with Gasteiger partial charge < -0.3 is 9.26 Å². The van der Waals surface area contributed by atoms with Gasteiger partial charge in [-0.25, -0.2) is 4.79 Å². The first kappa shape index (κ1) is 13.3. The van der Waals surface area contributed by atoms with Crippen molar-refractivity contribution in [3.05, 3.63) is 47.1 Å². The summed E-state index contributed by atoms with van der Waals surface area (Å²) in [6, 6.07) is 3.67. The van der Waals surface area contributed by atoms with Crippen molar-refractivity contribution in [3.8, 4) is 0 Å². The van der Waals surface area contributed by atoms with Gasteiger partial charge in [0.2, 0.25) is 0 Å². The number of rotatable bonds is 4. The standard InChI is InChI=1S/C14H16N2O3/c1-4-12-13(10(3)19-16-12)14(17)18-9(2)11-6-5-7-15-8-11/h5-9H,4H2,1-3H3/t9-/m1/s1. The Morgan fingerprint density at radius 1 is 1.53 bits per heavy atom. The molecular weight excluding hydrogens is 244 g/mol. The molecule has 0 amide bonds. The second-order valence-corrected chi connectivity index (χ2v) is 4.25. The van der Waals surface area contributed by atoms with Gasteiger partial charge in [0.25, 0.3) is 0 Å². The lowest BCUT2D eigenvalue weighted by Crippen LogP contribution is -2.11. The number of nitrogens with zero attached hydrogens (tertiary/aromatic N) is 2. The van der Waals surface area contributed by atoms with Crippen molar-refractivity contribution in [1.82, 2.24) is 10.1 Å². The van der Waals surface area contributed by atoms with Crippen LogP contribution in [-0.2, 0) is 11.2 Å². The molecule has 0 N–H and O–H groups in total. The lowest BCUT2D eigenvalue weighted by Gasteiger charge is -2.12. The predicted molar refractivity (Wildman–Crippen MR) is 68.7 cm³/mol. The maximum absolute atomic E-state index is 12.1. The van der Waals surface area contributed by atoms with E-state index in [0.29, 0.717) is 23.4 Å². The van der Waals surface area contributed by atoms with Crippen LogP contribution in [0.1, 0.15) is 47.3 Å². The van der Waals surface area contributed by atoms with Crippen LogP contribution in [0.4, 0.5) is 0 Å². The molecule has 2 aromatic rings. The monoisotopic (exact) mass is 260 g/mol. The number of carbonyl (C=O) groups is 1. The Morgan fingerprint density at radius 3 is 2.95 bits per heavy atom. The van der Waals surface area contributed by atoms with Gasteiger partial charge in [-0.2, -0.15) is 0 Å². The lowest BCUT2D eigenvalue weighted by molar-refractivity contribution is 0.0334. The highest BCUT2D eigenvalue weighted by Crippen LogP contribution is 2.21. The highest BCUT2D eigenvalue weighted by atomic mass is 16.5. The summed E-state index contributed by atoms with van der Waals surface area (Å²) in [4.78, 5) is 16.2. The van der Waals surface area contributed by atoms with Gasteiger partial charge in [-0.3, -0.25) is 4.98 Å². The fourth-order valence-corrected chi connectivity index (χ4v) is 1.82. The van der Waals surface area contributed by atoms with Crippen LogP contribution < -0.4 is 0 Å². The Hall–Kier alpha value is -2.17. The second-order valence-electron chi connectivity index (χ2n) is 4.25. The summed E-state index contributed by atoms with van der Waals surface area (Å²) in [5.41, 5.74) is 1.90. The van der Waals surface area contributed by atoms with Crippen LogP contribution in [0.15, 0.2) is 29.0 Å². The maximum Gasteiger partial charge on any atom is 0.344 e. The van der Waals surface area contributed by atoms with Gasteiger partial charge in [-0.1, -0.05) is 18.1 Å². The van der Waals surface area contributed by atoms with Gasteiger partial charge in [0.15, 0.2) is 0 Å². The van der Waals surface area contributed by atoms with E-state index < -0.39 is 5.97 Å². The Labute approximate surface area is 111 Å². The molecule has 0 saturated carbocycles. The van der Waals surface area contributed by atoms with E-state index in [1.807, 2.05) is 26.0 Å². The maximum atomic E-state index is 12.1. The van der Waals surface area contributed by atoms with Crippen molar-refractivity contribution in [1.29, 1.82) is 0 Å². The summed E-state index contributed by atoms with van der Waals surface area (Å²) in [5.74, 6) is 0.0761. The normalized spacial score (nSPS) is 12.2. The Balaban J connectivity index is 2.15. The number of esters is 1. The van der Waals surface area contributed by atoms with Crippen LogP contribution >= 0.6 is 0 Å². The molecule has 2 heterocycles. The summed E-state index contributed by atoms with van der Waals surface area (Å²) < 4.78 is 10.5. The van der Waals surface area contributed by atoms with E-state index in [4.69, 9.17) is 9.26 Å². The molecule has 0 aliphatic carbocycles. The van der Waals surface area contributed by atoms with Crippen LogP contribution in [0.5, 0.6) is 0 Å². The third-order valence-corrected chi connectivity index (χ3v) is 2.91. The number of aromatic nitrogens is 2. The molecule has 0 saturated heterocycles. The van der Waals surface area contributed by atoms with E-state index in [9.17, 15) is 4.79 Å². The number of carbonyl (C=O) groups excluding carboxylic acids is 1. The van der Waals surface area contributed by atoms with E-state index in [1.165, 1.54) is 0 Å². The van der Waals surface area contributed by atoms with Crippen LogP contribution in [-0.4, -0.2) is 16.1 Å². The Kier molecular flexibility index (Phi) is 3.94. The molecule has 0 bridgehead atoms. The van der Waals surface area contributed by atoms with Gasteiger partial charge in [-0.15, -0.1) is 0 Å². The molecule has 0 fully saturated rings. The number of aryl methyl sites for hydroxylation is 2. The molecule has 0 aliphatic rings. The Bertz CT molecular complexity index is 563. The number of hydrogen-bond acceptors (Lipinski definition) is 5. The first-order chi connectivity index (χ1) is 9.13. The van der Waals surface area contributed by atoms with Crippen molar-refractivity contribution < 1.29 is 14.1 Å². The SMILES string of the molecule is CCc1noc(C)c1C(=O)O[C@H](C)c1cccnc1. The highest BCUT2D eigenvalue weighted by Gasteiger charge is 2.22. The minimum atomic E-state index is -0.410. The van der Waals surface area contributed by atoms with Crippen LogP contribution in [0.3, 0.4) is 0 Å². The minimum Gasteiger partial charge on any atom is -0.454 e. The molecule has 5 nitrogen and oxygen atoms in total.